The topological polar surface area (TPSA) is 38.3 Å². The van der Waals surface area contributed by atoms with E-state index in [2.05, 4.69) is 52.1 Å². The van der Waals surface area contributed by atoms with Crippen LogP contribution in [0.2, 0.25) is 0 Å². The molecule has 0 saturated heterocycles. The summed E-state index contributed by atoms with van der Waals surface area (Å²) in [5.74, 6) is 1.03. The highest BCUT2D eigenvalue weighted by Crippen LogP contribution is 2.36. The quantitative estimate of drug-likeness (QED) is 0.758. The van der Waals surface area contributed by atoms with Gasteiger partial charge in [-0.15, -0.1) is 0 Å². The first-order valence-electron chi connectivity index (χ1n) is 9.18. The van der Waals surface area contributed by atoms with Crippen LogP contribution in [0.3, 0.4) is 0 Å². The number of carbonyl (C=O) groups excluding carboxylic acids is 1. The van der Waals surface area contributed by atoms with Gasteiger partial charge in [-0.3, -0.25) is 4.79 Å². The molecule has 1 unspecified atom stereocenters. The molecule has 0 aliphatic heterocycles. The molecule has 1 aromatic rings. The second-order valence-electron chi connectivity index (χ2n) is 8.90. The molecular formula is C21H33NO2. The van der Waals surface area contributed by atoms with E-state index in [9.17, 15) is 4.79 Å². The third-order valence-corrected chi connectivity index (χ3v) is 4.87. The number of carbonyl (C=O) groups is 1. The van der Waals surface area contributed by atoms with Crippen molar-refractivity contribution < 1.29 is 9.53 Å². The van der Waals surface area contributed by atoms with Crippen molar-refractivity contribution in [3.63, 3.8) is 0 Å². The maximum Gasteiger partial charge on any atom is 0.220 e. The van der Waals surface area contributed by atoms with E-state index in [4.69, 9.17) is 4.74 Å². The molecule has 0 aromatic heterocycles. The molecule has 1 fully saturated rings. The second-order valence-corrected chi connectivity index (χ2v) is 8.90. The number of hydrogen-bond acceptors (Lipinski definition) is 2. The average molecular weight is 332 g/mol. The molecule has 3 heteroatoms. The molecule has 2 rings (SSSR count). The Hall–Kier alpha value is -1.51. The van der Waals surface area contributed by atoms with Crippen molar-refractivity contribution in [1.82, 2.24) is 5.32 Å². The Morgan fingerprint density at radius 2 is 1.92 bits per heavy atom. The van der Waals surface area contributed by atoms with E-state index in [1.165, 1.54) is 12.0 Å². The fourth-order valence-electron chi connectivity index (χ4n) is 3.33. The molecular weight excluding hydrogens is 298 g/mol. The normalized spacial score (nSPS) is 20.0. The number of hydrogen-bond donors (Lipinski definition) is 1. The number of ether oxygens (including phenoxy) is 1. The zero-order valence-corrected chi connectivity index (χ0v) is 15.9. The maximum atomic E-state index is 12.0. The van der Waals surface area contributed by atoms with Crippen molar-refractivity contribution in [2.45, 2.75) is 78.2 Å². The minimum atomic E-state index is 0.157. The number of amides is 1. The zero-order chi connectivity index (χ0) is 17.8. The van der Waals surface area contributed by atoms with Crippen LogP contribution in [0.25, 0.3) is 0 Å². The van der Waals surface area contributed by atoms with E-state index in [-0.39, 0.29) is 11.3 Å². The fraction of sp³-hybridized carbons (Fsp3) is 0.667. The highest BCUT2D eigenvalue weighted by molar-refractivity contribution is 5.76. The van der Waals surface area contributed by atoms with Crippen LogP contribution in [-0.2, 0) is 10.2 Å². The molecule has 24 heavy (non-hydrogen) atoms. The predicted molar refractivity (Wildman–Crippen MR) is 99.4 cm³/mol. The first-order chi connectivity index (χ1) is 11.2. The molecule has 0 spiro atoms. The molecule has 134 valence electrons. The Morgan fingerprint density at radius 1 is 1.25 bits per heavy atom. The van der Waals surface area contributed by atoms with Crippen molar-refractivity contribution in [3.05, 3.63) is 29.8 Å². The summed E-state index contributed by atoms with van der Waals surface area (Å²) in [5, 5.41) is 3.16. The van der Waals surface area contributed by atoms with Crippen molar-refractivity contribution in [2.24, 2.45) is 5.41 Å². The highest BCUT2D eigenvalue weighted by atomic mass is 16.5. The minimum Gasteiger partial charge on any atom is -0.494 e. The van der Waals surface area contributed by atoms with Crippen LogP contribution >= 0.6 is 0 Å². The Kier molecular flexibility index (Phi) is 5.95. The summed E-state index contributed by atoms with van der Waals surface area (Å²) in [4.78, 5) is 12.0. The van der Waals surface area contributed by atoms with E-state index in [0.29, 0.717) is 24.5 Å². The lowest BCUT2D eigenvalue weighted by molar-refractivity contribution is -0.122. The largest absolute Gasteiger partial charge is 0.494 e. The smallest absolute Gasteiger partial charge is 0.220 e. The summed E-state index contributed by atoms with van der Waals surface area (Å²) >= 11 is 0. The Morgan fingerprint density at radius 3 is 2.46 bits per heavy atom. The van der Waals surface area contributed by atoms with E-state index < -0.39 is 0 Å². The van der Waals surface area contributed by atoms with Gasteiger partial charge in [-0.2, -0.15) is 0 Å². The third kappa shape index (κ3) is 5.85. The third-order valence-electron chi connectivity index (χ3n) is 4.87. The first kappa shape index (κ1) is 18.8. The van der Waals surface area contributed by atoms with Gasteiger partial charge < -0.3 is 10.1 Å². The summed E-state index contributed by atoms with van der Waals surface area (Å²) in [6.07, 6.45) is 4.69. The van der Waals surface area contributed by atoms with E-state index in [0.717, 1.165) is 25.0 Å². The lowest BCUT2D eigenvalue weighted by atomic mass is 9.87. The Labute approximate surface area is 147 Å². The summed E-state index contributed by atoms with van der Waals surface area (Å²) in [6, 6.07) is 8.62. The second kappa shape index (κ2) is 7.58. The van der Waals surface area contributed by atoms with Gasteiger partial charge in [-0.1, -0.05) is 46.8 Å². The van der Waals surface area contributed by atoms with Crippen molar-refractivity contribution in [2.75, 3.05) is 6.61 Å². The lowest BCUT2D eigenvalue weighted by Gasteiger charge is -2.19. The first-order valence-corrected chi connectivity index (χ1v) is 9.18. The fourth-order valence-corrected chi connectivity index (χ4v) is 3.33. The van der Waals surface area contributed by atoms with Crippen LogP contribution in [0.15, 0.2) is 24.3 Å². The van der Waals surface area contributed by atoms with Gasteiger partial charge in [0.15, 0.2) is 0 Å². The number of nitrogens with one attached hydrogen (secondary N) is 1. The Bertz CT molecular complexity index is 540. The molecule has 1 saturated carbocycles. The van der Waals surface area contributed by atoms with Crippen LogP contribution < -0.4 is 10.1 Å². The van der Waals surface area contributed by atoms with Gasteiger partial charge in [0, 0.05) is 12.5 Å². The molecule has 0 radical (unpaired) electrons. The number of rotatable bonds is 6. The molecule has 1 N–H and O–H groups in total. The van der Waals surface area contributed by atoms with Gasteiger partial charge >= 0.3 is 0 Å². The van der Waals surface area contributed by atoms with E-state index in [1.54, 1.807) is 0 Å². The predicted octanol–water partition coefficient (Wildman–Crippen LogP) is 4.84. The van der Waals surface area contributed by atoms with Gasteiger partial charge in [0.25, 0.3) is 0 Å². The molecule has 1 aromatic carbocycles. The SMILES string of the molecule is CC1(C)CCC(NC(=O)CCCOc2ccc(C(C)(C)C)cc2)C1. The summed E-state index contributed by atoms with van der Waals surface area (Å²) < 4.78 is 5.75. The molecule has 1 aliphatic carbocycles. The molecule has 1 atom stereocenters. The van der Waals surface area contributed by atoms with Crippen LogP contribution in [0, 0.1) is 5.41 Å². The maximum absolute atomic E-state index is 12.0. The van der Waals surface area contributed by atoms with E-state index >= 15 is 0 Å². The molecule has 0 bridgehead atoms. The summed E-state index contributed by atoms with van der Waals surface area (Å²) in [5.41, 5.74) is 1.83. The monoisotopic (exact) mass is 331 g/mol. The molecule has 0 heterocycles. The Balaban J connectivity index is 1.65. The van der Waals surface area contributed by atoms with Crippen LogP contribution in [-0.4, -0.2) is 18.6 Å². The minimum absolute atomic E-state index is 0.157. The molecule has 1 amide bonds. The van der Waals surface area contributed by atoms with E-state index in [1.807, 2.05) is 12.1 Å². The molecule has 1 aliphatic rings. The lowest BCUT2D eigenvalue weighted by Crippen LogP contribution is -2.33. The van der Waals surface area contributed by atoms with Crippen LogP contribution in [0.5, 0.6) is 5.75 Å². The van der Waals surface area contributed by atoms with Crippen LogP contribution in [0.1, 0.15) is 72.3 Å². The van der Waals surface area contributed by atoms with Gasteiger partial charge in [0.2, 0.25) is 5.91 Å². The van der Waals surface area contributed by atoms with Crippen molar-refractivity contribution in [1.29, 1.82) is 0 Å². The van der Waals surface area contributed by atoms with Crippen LogP contribution in [0.4, 0.5) is 0 Å². The number of benzene rings is 1. The van der Waals surface area contributed by atoms with Gasteiger partial charge in [-0.25, -0.2) is 0 Å². The standard InChI is InChI=1S/C21H33NO2/c1-20(2,3)16-8-10-18(11-9-16)24-14-6-7-19(23)22-17-12-13-21(4,5)15-17/h8-11,17H,6-7,12-15H2,1-5H3,(H,22,23). The average Bonchev–Trinajstić information content (AvgIpc) is 2.82. The highest BCUT2D eigenvalue weighted by Gasteiger charge is 2.31. The summed E-state index contributed by atoms with van der Waals surface area (Å²) in [6.45, 7) is 11.7. The zero-order valence-electron chi connectivity index (χ0n) is 15.9. The van der Waals surface area contributed by atoms with Gasteiger partial charge in [-0.05, 0) is 54.2 Å². The van der Waals surface area contributed by atoms with Crippen molar-refractivity contribution in [3.8, 4) is 5.75 Å². The van der Waals surface area contributed by atoms with Crippen molar-refractivity contribution >= 4 is 5.91 Å². The van der Waals surface area contributed by atoms with Gasteiger partial charge in [0.1, 0.15) is 5.75 Å². The summed E-state index contributed by atoms with van der Waals surface area (Å²) in [7, 11) is 0. The molecule has 3 nitrogen and oxygen atoms in total. The van der Waals surface area contributed by atoms with Gasteiger partial charge in [0.05, 0.1) is 6.61 Å².